The zero-order chi connectivity index (χ0) is 15.3. The van der Waals surface area contributed by atoms with Crippen LogP contribution in [0.2, 0.25) is 0 Å². The van der Waals surface area contributed by atoms with Gasteiger partial charge in [-0.15, -0.1) is 0 Å². The summed E-state index contributed by atoms with van der Waals surface area (Å²) in [6, 6.07) is 8.11. The van der Waals surface area contributed by atoms with E-state index in [1.807, 2.05) is 0 Å². The van der Waals surface area contributed by atoms with E-state index in [-0.39, 0.29) is 6.61 Å². The monoisotopic (exact) mass is 338 g/mol. The smallest absolute Gasteiger partial charge is 0.340 e. The van der Waals surface area contributed by atoms with Gasteiger partial charge in [-0.05, 0) is 6.92 Å². The number of esters is 1. The van der Waals surface area contributed by atoms with Crippen molar-refractivity contribution < 1.29 is 19.7 Å². The summed E-state index contributed by atoms with van der Waals surface area (Å²) >= 11 is 16.7. The maximum Gasteiger partial charge on any atom is 0.340 e. The second kappa shape index (κ2) is 7.18. The normalized spacial score (nSPS) is 14.4. The number of rotatable bonds is 4. The Balaban J connectivity index is 3.33. The van der Waals surface area contributed by atoms with Crippen LogP contribution in [0, 0.1) is 0 Å². The molecule has 0 aliphatic rings. The highest BCUT2D eigenvalue weighted by Crippen LogP contribution is 2.36. The largest absolute Gasteiger partial charge is 0.507 e. The fraction of sp³-hybridized carbons (Fsp3) is 0.308. The number of ether oxygens (including phenoxy) is 1. The number of alkyl halides is 3. The summed E-state index contributed by atoms with van der Waals surface area (Å²) in [5, 5.41) is 20.1. The van der Waals surface area contributed by atoms with Crippen LogP contribution in [0.15, 0.2) is 35.9 Å². The van der Waals surface area contributed by atoms with Crippen molar-refractivity contribution in [2.75, 3.05) is 6.61 Å². The average Bonchev–Trinajstić information content (AvgIpc) is 2.39. The average molecular weight is 340 g/mol. The first-order valence-electron chi connectivity index (χ1n) is 5.69. The van der Waals surface area contributed by atoms with Gasteiger partial charge in [0.25, 0.3) is 0 Å². The van der Waals surface area contributed by atoms with E-state index in [0.717, 1.165) is 0 Å². The second-order valence-corrected chi connectivity index (χ2v) is 6.16. The molecule has 0 spiro atoms. The number of carbonyl (C=O) groups is 1. The predicted octanol–water partition coefficient (Wildman–Crippen LogP) is 3.25. The fourth-order valence-electron chi connectivity index (χ4n) is 1.46. The van der Waals surface area contributed by atoms with Gasteiger partial charge in [-0.1, -0.05) is 65.1 Å². The van der Waals surface area contributed by atoms with Gasteiger partial charge < -0.3 is 14.9 Å². The van der Waals surface area contributed by atoms with E-state index in [0.29, 0.717) is 5.56 Å². The van der Waals surface area contributed by atoms with E-state index in [4.69, 9.17) is 39.5 Å². The van der Waals surface area contributed by atoms with Crippen molar-refractivity contribution in [1.82, 2.24) is 0 Å². The third kappa shape index (κ3) is 4.28. The van der Waals surface area contributed by atoms with Crippen molar-refractivity contribution in [1.29, 1.82) is 0 Å². The molecule has 0 amide bonds. The summed E-state index contributed by atoms with van der Waals surface area (Å²) < 4.78 is 2.59. The molecule has 0 aliphatic heterocycles. The van der Waals surface area contributed by atoms with Gasteiger partial charge in [0.1, 0.15) is 17.4 Å². The Kier molecular flexibility index (Phi) is 6.14. The molecule has 2 N–H and O–H groups in total. The standard InChI is InChI=1S/C13H13Cl3O4/c1-2-20-12(19)9(11(18)13(14,15)16)10(17)8-6-4-3-5-7-8/h3-7,11,17-18H,2H2,1H3/b10-9-. The first-order valence-corrected chi connectivity index (χ1v) is 6.82. The van der Waals surface area contributed by atoms with Gasteiger partial charge in [0.05, 0.1) is 6.61 Å². The Bertz CT molecular complexity index is 494. The molecule has 1 atom stereocenters. The van der Waals surface area contributed by atoms with Crippen molar-refractivity contribution in [2.45, 2.75) is 16.8 Å². The molecule has 20 heavy (non-hydrogen) atoms. The lowest BCUT2D eigenvalue weighted by Crippen LogP contribution is -2.33. The molecule has 0 radical (unpaired) electrons. The van der Waals surface area contributed by atoms with Crippen molar-refractivity contribution in [3.63, 3.8) is 0 Å². The first-order chi connectivity index (χ1) is 9.29. The van der Waals surface area contributed by atoms with Crippen molar-refractivity contribution in [2.24, 2.45) is 0 Å². The molecule has 7 heteroatoms. The van der Waals surface area contributed by atoms with Crippen molar-refractivity contribution in [3.8, 4) is 0 Å². The van der Waals surface area contributed by atoms with Crippen molar-refractivity contribution in [3.05, 3.63) is 41.5 Å². The molecule has 110 valence electrons. The Morgan fingerprint density at radius 3 is 2.30 bits per heavy atom. The zero-order valence-corrected chi connectivity index (χ0v) is 12.8. The Morgan fingerprint density at radius 1 is 1.30 bits per heavy atom. The molecule has 4 nitrogen and oxygen atoms in total. The highest BCUT2D eigenvalue weighted by molar-refractivity contribution is 6.68. The Morgan fingerprint density at radius 2 is 1.85 bits per heavy atom. The minimum atomic E-state index is -2.18. The quantitative estimate of drug-likeness (QED) is 0.382. The van der Waals surface area contributed by atoms with E-state index in [9.17, 15) is 15.0 Å². The molecule has 0 aromatic heterocycles. The van der Waals surface area contributed by atoms with E-state index < -0.39 is 27.2 Å². The van der Waals surface area contributed by atoms with Gasteiger partial charge in [0.15, 0.2) is 0 Å². The van der Waals surface area contributed by atoms with Crippen LogP contribution >= 0.6 is 34.8 Å². The van der Waals surface area contributed by atoms with E-state index >= 15 is 0 Å². The van der Waals surface area contributed by atoms with Crippen LogP contribution < -0.4 is 0 Å². The summed E-state index contributed by atoms with van der Waals surface area (Å²) in [5.41, 5.74) is -0.207. The molecule has 1 aromatic carbocycles. The van der Waals surface area contributed by atoms with Gasteiger partial charge >= 0.3 is 5.97 Å². The summed E-state index contributed by atoms with van der Waals surface area (Å²) in [5.74, 6) is -1.45. The molecular formula is C13H13Cl3O4. The highest BCUT2D eigenvalue weighted by atomic mass is 35.6. The third-order valence-corrected chi connectivity index (χ3v) is 3.00. The molecule has 0 heterocycles. The van der Waals surface area contributed by atoms with Crippen molar-refractivity contribution >= 4 is 46.5 Å². The van der Waals surface area contributed by atoms with Crippen LogP contribution in [0.4, 0.5) is 0 Å². The maximum absolute atomic E-state index is 11.9. The topological polar surface area (TPSA) is 66.8 Å². The number of hydrogen-bond acceptors (Lipinski definition) is 4. The summed E-state index contributed by atoms with van der Waals surface area (Å²) in [6.07, 6.45) is -1.83. The zero-order valence-electron chi connectivity index (χ0n) is 10.5. The molecule has 1 rings (SSSR count). The highest BCUT2D eigenvalue weighted by Gasteiger charge is 2.39. The minimum Gasteiger partial charge on any atom is -0.507 e. The second-order valence-electron chi connectivity index (χ2n) is 3.79. The van der Waals surface area contributed by atoms with Crippen LogP contribution in [0.3, 0.4) is 0 Å². The number of aliphatic hydroxyl groups is 2. The third-order valence-electron chi connectivity index (χ3n) is 2.38. The molecular weight excluding hydrogens is 326 g/mol. The van der Waals surface area contributed by atoms with Gasteiger partial charge in [-0.2, -0.15) is 0 Å². The number of hydrogen-bond donors (Lipinski definition) is 2. The van der Waals surface area contributed by atoms with Crippen LogP contribution in [0.1, 0.15) is 12.5 Å². The summed E-state index contributed by atoms with van der Waals surface area (Å²) in [6.45, 7) is 1.63. The molecule has 0 saturated heterocycles. The number of carbonyl (C=O) groups excluding carboxylic acids is 1. The first kappa shape index (κ1) is 17.1. The van der Waals surface area contributed by atoms with E-state index in [1.54, 1.807) is 37.3 Å². The lowest BCUT2D eigenvalue weighted by atomic mass is 10.0. The number of halogens is 3. The van der Waals surface area contributed by atoms with Gasteiger partial charge in [-0.3, -0.25) is 0 Å². The van der Waals surface area contributed by atoms with Crippen LogP contribution in [0.5, 0.6) is 0 Å². The summed E-state index contributed by atoms with van der Waals surface area (Å²) in [4.78, 5) is 11.9. The van der Waals surface area contributed by atoms with Gasteiger partial charge in [0.2, 0.25) is 3.79 Å². The molecule has 0 fully saturated rings. The summed E-state index contributed by atoms with van der Waals surface area (Å²) in [7, 11) is 0. The molecule has 1 unspecified atom stereocenters. The number of aliphatic hydroxyl groups excluding tert-OH is 2. The molecule has 0 bridgehead atoms. The number of benzene rings is 1. The maximum atomic E-state index is 11.9. The predicted molar refractivity (Wildman–Crippen MR) is 78.9 cm³/mol. The van der Waals surface area contributed by atoms with E-state index in [2.05, 4.69) is 0 Å². The molecule has 1 aromatic rings. The van der Waals surface area contributed by atoms with Crippen LogP contribution in [-0.2, 0) is 9.53 Å². The minimum absolute atomic E-state index is 0.0526. The van der Waals surface area contributed by atoms with Gasteiger partial charge in [-0.25, -0.2) is 4.79 Å². The lowest BCUT2D eigenvalue weighted by molar-refractivity contribution is -0.139. The lowest BCUT2D eigenvalue weighted by Gasteiger charge is -2.22. The van der Waals surface area contributed by atoms with Gasteiger partial charge in [0, 0.05) is 5.56 Å². The molecule has 0 saturated carbocycles. The molecule has 0 aliphatic carbocycles. The SMILES string of the molecule is CCOC(=O)/C(=C(\O)c1ccccc1)C(O)C(Cl)(Cl)Cl. The fourth-order valence-corrected chi connectivity index (χ4v) is 1.79. The van der Waals surface area contributed by atoms with Crippen LogP contribution in [0.25, 0.3) is 5.76 Å². The van der Waals surface area contributed by atoms with E-state index in [1.165, 1.54) is 0 Å². The van der Waals surface area contributed by atoms with Crippen LogP contribution in [-0.4, -0.2) is 32.7 Å². The Hall–Kier alpha value is -0.940. The Labute approximate surface area is 131 Å².